The molecule has 25 heavy (non-hydrogen) atoms. The van der Waals surface area contributed by atoms with Gasteiger partial charge in [0.1, 0.15) is 11.5 Å². The zero-order valence-electron chi connectivity index (χ0n) is 14.9. The second-order valence-corrected chi connectivity index (χ2v) is 6.01. The van der Waals surface area contributed by atoms with Crippen molar-refractivity contribution in [3.05, 3.63) is 29.8 Å². The molecule has 0 bridgehead atoms. The van der Waals surface area contributed by atoms with Gasteiger partial charge in [0.05, 0.1) is 14.2 Å². The molecule has 0 aromatic heterocycles. The zero-order chi connectivity index (χ0) is 18.2. The van der Waals surface area contributed by atoms with E-state index in [0.717, 1.165) is 25.7 Å². The molecule has 0 radical (unpaired) electrons. The summed E-state index contributed by atoms with van der Waals surface area (Å²) in [6, 6.07) is 5.47. The van der Waals surface area contributed by atoms with Gasteiger partial charge >= 0.3 is 5.97 Å². The Morgan fingerprint density at radius 3 is 2.56 bits per heavy atom. The molecule has 1 aliphatic carbocycles. The van der Waals surface area contributed by atoms with E-state index in [1.165, 1.54) is 6.08 Å². The summed E-state index contributed by atoms with van der Waals surface area (Å²) in [6.07, 6.45) is 6.25. The first-order chi connectivity index (χ1) is 12.0. The predicted molar refractivity (Wildman–Crippen MR) is 94.5 cm³/mol. The van der Waals surface area contributed by atoms with Crippen molar-refractivity contribution >= 4 is 18.0 Å². The van der Waals surface area contributed by atoms with Crippen LogP contribution in [-0.4, -0.2) is 38.2 Å². The first-order valence-corrected chi connectivity index (χ1v) is 8.44. The molecule has 1 amide bonds. The smallest absolute Gasteiger partial charge is 0.331 e. The van der Waals surface area contributed by atoms with E-state index in [0.29, 0.717) is 17.1 Å². The summed E-state index contributed by atoms with van der Waals surface area (Å²) in [4.78, 5) is 24.0. The lowest BCUT2D eigenvalue weighted by Crippen LogP contribution is -2.40. The SMILES string of the molecule is COc1ccc(OC)c(/C=C/C(=O)O[C@@H](C)C(=O)NC2CCCC2)c1. The molecule has 1 aliphatic rings. The summed E-state index contributed by atoms with van der Waals surface area (Å²) in [5.41, 5.74) is 0.682. The van der Waals surface area contributed by atoms with Crippen LogP contribution in [0.1, 0.15) is 38.2 Å². The van der Waals surface area contributed by atoms with Crippen LogP contribution < -0.4 is 14.8 Å². The molecule has 2 rings (SSSR count). The minimum Gasteiger partial charge on any atom is -0.497 e. The summed E-state index contributed by atoms with van der Waals surface area (Å²) in [5.74, 6) is 0.418. The molecule has 1 fully saturated rings. The Hall–Kier alpha value is -2.50. The van der Waals surface area contributed by atoms with Gasteiger partial charge in [-0.05, 0) is 44.0 Å². The predicted octanol–water partition coefficient (Wildman–Crippen LogP) is 2.71. The summed E-state index contributed by atoms with van der Waals surface area (Å²) < 4.78 is 15.6. The van der Waals surface area contributed by atoms with Crippen molar-refractivity contribution in [2.24, 2.45) is 0 Å². The Bertz CT molecular complexity index is 635. The number of hydrogen-bond acceptors (Lipinski definition) is 5. The van der Waals surface area contributed by atoms with E-state index < -0.39 is 12.1 Å². The molecule has 0 aliphatic heterocycles. The lowest BCUT2D eigenvalue weighted by molar-refractivity contribution is -0.150. The lowest BCUT2D eigenvalue weighted by Gasteiger charge is -2.16. The number of nitrogens with one attached hydrogen (secondary N) is 1. The van der Waals surface area contributed by atoms with Crippen molar-refractivity contribution in [1.82, 2.24) is 5.32 Å². The maximum absolute atomic E-state index is 12.0. The van der Waals surface area contributed by atoms with E-state index >= 15 is 0 Å². The molecule has 6 nitrogen and oxygen atoms in total. The second-order valence-electron chi connectivity index (χ2n) is 6.01. The number of esters is 1. The number of amides is 1. The molecule has 0 saturated heterocycles. The number of benzene rings is 1. The summed E-state index contributed by atoms with van der Waals surface area (Å²) in [7, 11) is 3.11. The van der Waals surface area contributed by atoms with Crippen LogP contribution in [0.15, 0.2) is 24.3 Å². The van der Waals surface area contributed by atoms with Gasteiger partial charge in [0.2, 0.25) is 0 Å². The van der Waals surface area contributed by atoms with Crippen molar-refractivity contribution in [1.29, 1.82) is 0 Å². The highest BCUT2D eigenvalue weighted by molar-refractivity contribution is 5.90. The van der Waals surface area contributed by atoms with Crippen molar-refractivity contribution in [3.8, 4) is 11.5 Å². The van der Waals surface area contributed by atoms with Gasteiger partial charge in [-0.25, -0.2) is 4.79 Å². The van der Waals surface area contributed by atoms with Crippen LogP contribution >= 0.6 is 0 Å². The molecule has 6 heteroatoms. The summed E-state index contributed by atoms with van der Waals surface area (Å²) in [5, 5.41) is 2.91. The van der Waals surface area contributed by atoms with E-state index in [-0.39, 0.29) is 11.9 Å². The number of rotatable bonds is 7. The molecule has 0 heterocycles. The topological polar surface area (TPSA) is 73.9 Å². The standard InChI is InChI=1S/C19H25NO5/c1-13(19(22)20-15-6-4-5-7-15)25-18(21)11-8-14-12-16(23-2)9-10-17(14)24-3/h8-13,15H,4-7H2,1-3H3,(H,20,22)/b11-8+/t13-/m0/s1. The summed E-state index contributed by atoms with van der Waals surface area (Å²) in [6.45, 7) is 1.57. The third-order valence-corrected chi connectivity index (χ3v) is 4.20. The molecule has 1 aromatic carbocycles. The first-order valence-electron chi connectivity index (χ1n) is 8.44. The Kier molecular flexibility index (Phi) is 6.86. The van der Waals surface area contributed by atoms with Crippen LogP contribution in [0.5, 0.6) is 11.5 Å². The van der Waals surface area contributed by atoms with Gasteiger partial charge in [0.15, 0.2) is 6.10 Å². The van der Waals surface area contributed by atoms with Gasteiger partial charge in [-0.15, -0.1) is 0 Å². The molecule has 1 saturated carbocycles. The quantitative estimate of drug-likeness (QED) is 0.606. The number of ether oxygens (including phenoxy) is 3. The van der Waals surface area contributed by atoms with E-state index in [4.69, 9.17) is 14.2 Å². The number of methoxy groups -OCH3 is 2. The van der Waals surface area contributed by atoms with Crippen LogP contribution in [0.2, 0.25) is 0 Å². The van der Waals surface area contributed by atoms with Gasteiger partial charge in [-0.1, -0.05) is 12.8 Å². The fourth-order valence-corrected chi connectivity index (χ4v) is 2.78. The minimum atomic E-state index is -0.829. The van der Waals surface area contributed by atoms with Gasteiger partial charge in [-0.3, -0.25) is 4.79 Å². The zero-order valence-corrected chi connectivity index (χ0v) is 14.9. The molecule has 1 aromatic rings. The average molecular weight is 347 g/mol. The van der Waals surface area contributed by atoms with Crippen LogP contribution in [0.25, 0.3) is 6.08 Å². The maximum atomic E-state index is 12.0. The van der Waals surface area contributed by atoms with Crippen LogP contribution in [-0.2, 0) is 14.3 Å². The minimum absolute atomic E-state index is 0.199. The third-order valence-electron chi connectivity index (χ3n) is 4.20. The number of hydrogen-bond donors (Lipinski definition) is 1. The molecule has 0 unspecified atom stereocenters. The molecule has 1 atom stereocenters. The van der Waals surface area contributed by atoms with Crippen LogP contribution in [0.4, 0.5) is 0 Å². The first kappa shape index (κ1) is 18.8. The third kappa shape index (κ3) is 5.52. The van der Waals surface area contributed by atoms with E-state index in [1.807, 2.05) is 0 Å². The summed E-state index contributed by atoms with van der Waals surface area (Å²) >= 11 is 0. The largest absolute Gasteiger partial charge is 0.497 e. The molecule has 136 valence electrons. The van der Waals surface area contributed by atoms with Gasteiger partial charge < -0.3 is 19.5 Å². The molecular formula is C19H25NO5. The molecule has 1 N–H and O–H groups in total. The van der Waals surface area contributed by atoms with Crippen molar-refractivity contribution in [2.45, 2.75) is 44.8 Å². The Morgan fingerprint density at radius 2 is 1.92 bits per heavy atom. The fraction of sp³-hybridized carbons (Fsp3) is 0.474. The Labute approximate surface area is 148 Å². The second kappa shape index (κ2) is 9.11. The van der Waals surface area contributed by atoms with Gasteiger partial charge in [-0.2, -0.15) is 0 Å². The Balaban J connectivity index is 1.92. The highest BCUT2D eigenvalue weighted by Gasteiger charge is 2.22. The van der Waals surface area contributed by atoms with Crippen LogP contribution in [0.3, 0.4) is 0 Å². The fourth-order valence-electron chi connectivity index (χ4n) is 2.78. The highest BCUT2D eigenvalue weighted by atomic mass is 16.5. The number of carbonyl (C=O) groups excluding carboxylic acids is 2. The number of carbonyl (C=O) groups is 2. The Morgan fingerprint density at radius 1 is 1.20 bits per heavy atom. The van der Waals surface area contributed by atoms with Crippen molar-refractivity contribution in [3.63, 3.8) is 0 Å². The average Bonchev–Trinajstić information content (AvgIpc) is 3.12. The molecule has 0 spiro atoms. The lowest BCUT2D eigenvalue weighted by atomic mass is 10.1. The maximum Gasteiger partial charge on any atom is 0.331 e. The highest BCUT2D eigenvalue weighted by Crippen LogP contribution is 2.25. The van der Waals surface area contributed by atoms with E-state index in [1.54, 1.807) is 45.4 Å². The normalized spacial score (nSPS) is 15.8. The van der Waals surface area contributed by atoms with Crippen molar-refractivity contribution in [2.75, 3.05) is 14.2 Å². The van der Waals surface area contributed by atoms with Crippen molar-refractivity contribution < 1.29 is 23.8 Å². The van der Waals surface area contributed by atoms with Gasteiger partial charge in [0, 0.05) is 17.7 Å². The molecular weight excluding hydrogens is 322 g/mol. The van der Waals surface area contributed by atoms with Gasteiger partial charge in [0.25, 0.3) is 5.91 Å². The van der Waals surface area contributed by atoms with E-state index in [2.05, 4.69) is 5.32 Å². The monoisotopic (exact) mass is 347 g/mol. The van der Waals surface area contributed by atoms with Crippen LogP contribution in [0, 0.1) is 0 Å². The van der Waals surface area contributed by atoms with E-state index in [9.17, 15) is 9.59 Å².